The van der Waals surface area contributed by atoms with Crippen LogP contribution in [-0.2, 0) is 9.59 Å². The predicted molar refractivity (Wildman–Crippen MR) is 119 cm³/mol. The molecule has 0 spiro atoms. The lowest BCUT2D eigenvalue weighted by molar-refractivity contribution is -0.384. The maximum absolute atomic E-state index is 13.5. The van der Waals surface area contributed by atoms with Gasteiger partial charge in [0.15, 0.2) is 5.78 Å². The minimum atomic E-state index is -0.854. The Morgan fingerprint density at radius 1 is 1.00 bits per heavy atom. The van der Waals surface area contributed by atoms with Gasteiger partial charge in [-0.15, -0.1) is 0 Å². The van der Waals surface area contributed by atoms with Crippen molar-refractivity contribution in [2.75, 3.05) is 6.54 Å². The van der Waals surface area contributed by atoms with Crippen LogP contribution in [0.2, 0.25) is 5.02 Å². The number of carbonyl (C=O) groups is 4. The smallest absolute Gasteiger partial charge is 0.273 e. The zero-order valence-corrected chi connectivity index (χ0v) is 18.4. The summed E-state index contributed by atoms with van der Waals surface area (Å²) in [7, 11) is 0. The molecular formula is C24H18ClN3O6. The van der Waals surface area contributed by atoms with Gasteiger partial charge < -0.3 is 0 Å². The van der Waals surface area contributed by atoms with Gasteiger partial charge in [-0.2, -0.15) is 5.01 Å². The molecule has 34 heavy (non-hydrogen) atoms. The molecule has 0 aromatic heterocycles. The van der Waals surface area contributed by atoms with Crippen molar-refractivity contribution in [3.8, 4) is 0 Å². The Balaban J connectivity index is 1.51. The van der Waals surface area contributed by atoms with Crippen LogP contribution < -0.4 is 0 Å². The monoisotopic (exact) mass is 479 g/mol. The summed E-state index contributed by atoms with van der Waals surface area (Å²) in [5.41, 5.74) is -0.202. The molecule has 10 heteroatoms. The highest BCUT2D eigenvalue weighted by Gasteiger charge is 2.61. The van der Waals surface area contributed by atoms with Crippen molar-refractivity contribution in [1.29, 1.82) is 0 Å². The zero-order valence-electron chi connectivity index (χ0n) is 17.7. The molecule has 2 bridgehead atoms. The molecule has 172 valence electrons. The van der Waals surface area contributed by atoms with Gasteiger partial charge in [-0.1, -0.05) is 29.8 Å². The van der Waals surface area contributed by atoms with Crippen molar-refractivity contribution < 1.29 is 24.1 Å². The quantitative estimate of drug-likeness (QED) is 0.206. The number of fused-ring (bicyclic) bond motifs is 5. The number of nitro groups is 1. The number of non-ortho nitro benzene ring substituents is 1. The third-order valence-electron chi connectivity index (χ3n) is 6.69. The van der Waals surface area contributed by atoms with Crippen LogP contribution in [-0.4, -0.2) is 45.0 Å². The molecule has 2 aromatic rings. The van der Waals surface area contributed by atoms with Crippen LogP contribution in [0.3, 0.4) is 0 Å². The van der Waals surface area contributed by atoms with Gasteiger partial charge in [-0.25, -0.2) is 5.01 Å². The molecular weight excluding hydrogens is 462 g/mol. The van der Waals surface area contributed by atoms with Crippen molar-refractivity contribution >= 4 is 40.8 Å². The lowest BCUT2D eigenvalue weighted by Gasteiger charge is -2.30. The van der Waals surface area contributed by atoms with Crippen molar-refractivity contribution in [3.05, 3.63) is 86.9 Å². The van der Waals surface area contributed by atoms with Gasteiger partial charge in [0.25, 0.3) is 23.4 Å². The summed E-state index contributed by atoms with van der Waals surface area (Å²) in [6.45, 7) is -0.594. The second-order valence-electron chi connectivity index (χ2n) is 8.59. The molecule has 9 nitrogen and oxygen atoms in total. The molecule has 3 aliphatic rings. The van der Waals surface area contributed by atoms with E-state index >= 15 is 0 Å². The Morgan fingerprint density at radius 2 is 1.62 bits per heavy atom. The van der Waals surface area contributed by atoms with E-state index in [1.54, 1.807) is 0 Å². The van der Waals surface area contributed by atoms with Gasteiger partial charge in [0, 0.05) is 28.3 Å². The Morgan fingerprint density at radius 3 is 2.21 bits per heavy atom. The SMILES string of the molecule is O=C(CN(C(=O)c1cccc([N+](=O)[O-])c1)N1C(=O)[C@@H]2[C@@H](C1=O)[C@H]1C=C[C@H]2C1)c1ccc(Cl)cc1. The molecule has 0 N–H and O–H groups in total. The van der Waals surface area contributed by atoms with E-state index in [-0.39, 0.29) is 28.7 Å². The Labute approximate surface area is 198 Å². The van der Waals surface area contributed by atoms with Gasteiger partial charge in [0.05, 0.1) is 16.8 Å². The molecule has 4 atom stereocenters. The maximum atomic E-state index is 13.5. The number of nitrogens with zero attached hydrogens (tertiary/aromatic N) is 3. The third-order valence-corrected chi connectivity index (χ3v) is 6.94. The Bertz CT molecular complexity index is 1240. The van der Waals surface area contributed by atoms with Crippen molar-refractivity contribution in [2.45, 2.75) is 6.42 Å². The number of rotatable bonds is 6. The average molecular weight is 480 g/mol. The summed E-state index contributed by atoms with van der Waals surface area (Å²) in [5.74, 6) is -3.76. The van der Waals surface area contributed by atoms with Gasteiger partial charge in [0.2, 0.25) is 0 Å². The normalized spacial score (nSPS) is 24.4. The van der Waals surface area contributed by atoms with Crippen LogP contribution in [0.4, 0.5) is 5.69 Å². The van der Waals surface area contributed by atoms with E-state index in [0.29, 0.717) is 11.4 Å². The minimum Gasteiger partial charge on any atom is -0.292 e. The van der Waals surface area contributed by atoms with Gasteiger partial charge in [-0.05, 0) is 48.6 Å². The second-order valence-corrected chi connectivity index (χ2v) is 9.02. The van der Waals surface area contributed by atoms with E-state index in [1.807, 2.05) is 12.2 Å². The predicted octanol–water partition coefficient (Wildman–Crippen LogP) is 3.30. The molecule has 3 amide bonds. The van der Waals surface area contributed by atoms with Crippen molar-refractivity contribution in [2.24, 2.45) is 23.7 Å². The summed E-state index contributed by atoms with van der Waals surface area (Å²) in [5, 5.41) is 13.2. The zero-order chi connectivity index (χ0) is 24.1. The van der Waals surface area contributed by atoms with Crippen LogP contribution >= 0.6 is 11.6 Å². The molecule has 2 aliphatic carbocycles. The minimum absolute atomic E-state index is 0.0850. The topological polar surface area (TPSA) is 118 Å². The first kappa shape index (κ1) is 22.0. The van der Waals surface area contributed by atoms with E-state index in [4.69, 9.17) is 11.6 Å². The highest BCUT2D eigenvalue weighted by atomic mass is 35.5. The molecule has 1 aliphatic heterocycles. The largest absolute Gasteiger partial charge is 0.292 e. The number of imide groups is 1. The number of hydrogen-bond acceptors (Lipinski definition) is 6. The summed E-state index contributed by atoms with van der Waals surface area (Å²) in [6, 6.07) is 10.9. The van der Waals surface area contributed by atoms with E-state index in [2.05, 4.69) is 0 Å². The fourth-order valence-corrected chi connectivity index (χ4v) is 5.25. The number of hydrogen-bond donors (Lipinski definition) is 0. The fourth-order valence-electron chi connectivity index (χ4n) is 5.12. The Kier molecular flexibility index (Phi) is 5.28. The average Bonchev–Trinajstić information content (AvgIpc) is 3.51. The highest BCUT2D eigenvalue weighted by Crippen LogP contribution is 2.52. The first-order valence-electron chi connectivity index (χ1n) is 10.7. The number of ketones is 1. The molecule has 1 saturated heterocycles. The molecule has 2 aromatic carbocycles. The van der Waals surface area contributed by atoms with E-state index < -0.39 is 46.8 Å². The molecule has 5 rings (SSSR count). The van der Waals surface area contributed by atoms with Gasteiger partial charge >= 0.3 is 0 Å². The standard InChI is InChI=1S/C24H18ClN3O6/c25-17-8-6-13(7-9-17)19(29)12-26(22(30)16-2-1-3-18(11-16)28(33)34)27-23(31)20-14-4-5-15(10-14)21(20)24(27)32/h1-9,11,14-15,20-21H,10,12H2/t14-,15-,20-,21-/m0/s1. The van der Waals surface area contributed by atoms with E-state index in [9.17, 15) is 29.3 Å². The lowest BCUT2D eigenvalue weighted by atomic mass is 9.85. The molecule has 0 radical (unpaired) electrons. The molecule has 0 unspecified atom stereocenters. The molecule has 2 fully saturated rings. The number of carbonyl (C=O) groups excluding carboxylic acids is 4. The maximum Gasteiger partial charge on any atom is 0.273 e. The number of halogens is 1. The number of benzene rings is 2. The number of allylic oxidation sites excluding steroid dienone is 2. The first-order valence-corrected chi connectivity index (χ1v) is 11.0. The number of hydrazine groups is 1. The fraction of sp³-hybridized carbons (Fsp3) is 0.250. The summed E-state index contributed by atoms with van der Waals surface area (Å²) >= 11 is 5.89. The van der Waals surface area contributed by atoms with Crippen LogP contribution in [0, 0.1) is 33.8 Å². The van der Waals surface area contributed by atoms with Crippen LogP contribution in [0.15, 0.2) is 60.7 Å². The van der Waals surface area contributed by atoms with Gasteiger partial charge in [0.1, 0.15) is 6.54 Å². The summed E-state index contributed by atoms with van der Waals surface area (Å²) in [4.78, 5) is 63.7. The van der Waals surface area contributed by atoms with E-state index in [0.717, 1.165) is 16.1 Å². The highest BCUT2D eigenvalue weighted by molar-refractivity contribution is 6.30. The summed E-state index contributed by atoms with van der Waals surface area (Å²) in [6.07, 6.45) is 4.56. The Hall–Kier alpha value is -3.85. The van der Waals surface area contributed by atoms with E-state index in [1.165, 1.54) is 42.5 Å². The summed E-state index contributed by atoms with van der Waals surface area (Å²) < 4.78 is 0. The van der Waals surface area contributed by atoms with Gasteiger partial charge in [-0.3, -0.25) is 29.3 Å². The van der Waals surface area contributed by atoms with Crippen molar-refractivity contribution in [1.82, 2.24) is 10.0 Å². The number of nitro benzene ring substituents is 1. The van der Waals surface area contributed by atoms with Crippen LogP contribution in [0.5, 0.6) is 0 Å². The molecule has 1 heterocycles. The number of Topliss-reactive ketones (excluding diaryl/α,β-unsaturated/α-hetero) is 1. The number of amides is 3. The third kappa shape index (κ3) is 3.49. The first-order chi connectivity index (χ1) is 16.3. The lowest BCUT2D eigenvalue weighted by Crippen LogP contribution is -2.52. The van der Waals surface area contributed by atoms with Crippen LogP contribution in [0.1, 0.15) is 27.1 Å². The second kappa shape index (κ2) is 8.18. The van der Waals surface area contributed by atoms with Crippen molar-refractivity contribution in [3.63, 3.8) is 0 Å². The molecule has 1 saturated carbocycles. The van der Waals surface area contributed by atoms with Crippen LogP contribution in [0.25, 0.3) is 0 Å².